The first-order valence-corrected chi connectivity index (χ1v) is 10.6. The lowest BCUT2D eigenvalue weighted by Gasteiger charge is -2.22. The van der Waals surface area contributed by atoms with E-state index < -0.39 is 0 Å². The zero-order chi connectivity index (χ0) is 21.2. The van der Waals surface area contributed by atoms with E-state index in [1.807, 2.05) is 18.2 Å². The summed E-state index contributed by atoms with van der Waals surface area (Å²) in [7, 11) is 1.79. The lowest BCUT2D eigenvalue weighted by Crippen LogP contribution is -2.43. The van der Waals surface area contributed by atoms with Gasteiger partial charge in [0.2, 0.25) is 0 Å². The molecule has 1 heterocycles. The minimum Gasteiger partial charge on any atom is -0.376 e. The molecule has 1 unspecified atom stereocenters. The van der Waals surface area contributed by atoms with Crippen molar-refractivity contribution in [1.82, 2.24) is 15.5 Å². The molecule has 1 saturated heterocycles. The number of nitrogens with one attached hydrogen (secondary N) is 2. The highest BCUT2D eigenvalue weighted by Gasteiger charge is 2.24. The number of amides is 1. The molecule has 0 saturated carbocycles. The van der Waals surface area contributed by atoms with Crippen LogP contribution in [0, 0.1) is 5.92 Å². The number of hydrogen-bond acceptors (Lipinski definition) is 3. The molecule has 2 aromatic rings. The molecule has 0 aromatic heterocycles. The molecule has 1 atom stereocenters. The molecule has 0 spiro atoms. The van der Waals surface area contributed by atoms with Crippen molar-refractivity contribution in [3.8, 4) is 0 Å². The van der Waals surface area contributed by atoms with Crippen LogP contribution in [0.5, 0.6) is 0 Å². The predicted octanol–water partition coefficient (Wildman–Crippen LogP) is 3.18. The van der Waals surface area contributed by atoms with Crippen molar-refractivity contribution in [1.29, 1.82) is 0 Å². The lowest BCUT2D eigenvalue weighted by molar-refractivity contribution is 0.0906. The fourth-order valence-corrected chi connectivity index (χ4v) is 3.59. The van der Waals surface area contributed by atoms with Gasteiger partial charge in [0.15, 0.2) is 5.96 Å². The largest absolute Gasteiger partial charge is 0.376 e. The standard InChI is InChI=1S/C23H29ClN4O2/c1-25-23(27-13-12-26-22(29)20-7-9-21(24)10-8-20)28-14-11-19(15-28)17-30-16-18-5-3-2-4-6-18/h2-10,19H,11-17H2,1H3,(H,25,27)(H,26,29). The van der Waals surface area contributed by atoms with Gasteiger partial charge in [-0.1, -0.05) is 41.9 Å². The third-order valence-corrected chi connectivity index (χ3v) is 5.31. The van der Waals surface area contributed by atoms with Crippen LogP contribution >= 0.6 is 11.6 Å². The van der Waals surface area contributed by atoms with Crippen LogP contribution in [0.25, 0.3) is 0 Å². The number of likely N-dealkylation sites (tertiary alicyclic amines) is 1. The average molecular weight is 429 g/mol. The number of rotatable bonds is 8. The normalized spacial score (nSPS) is 16.5. The van der Waals surface area contributed by atoms with Crippen molar-refractivity contribution in [3.63, 3.8) is 0 Å². The molecule has 2 N–H and O–H groups in total. The van der Waals surface area contributed by atoms with Crippen molar-refractivity contribution in [2.24, 2.45) is 10.9 Å². The van der Waals surface area contributed by atoms with Gasteiger partial charge >= 0.3 is 0 Å². The number of nitrogens with zero attached hydrogens (tertiary/aromatic N) is 2. The Labute approximate surface area is 183 Å². The van der Waals surface area contributed by atoms with Gasteiger partial charge in [0.25, 0.3) is 5.91 Å². The van der Waals surface area contributed by atoms with Crippen LogP contribution in [0.1, 0.15) is 22.3 Å². The van der Waals surface area contributed by atoms with Crippen LogP contribution in [0.2, 0.25) is 5.02 Å². The summed E-state index contributed by atoms with van der Waals surface area (Å²) in [6, 6.07) is 17.1. The van der Waals surface area contributed by atoms with Crippen molar-refractivity contribution >= 4 is 23.5 Å². The van der Waals surface area contributed by atoms with Gasteiger partial charge in [0.05, 0.1) is 13.2 Å². The summed E-state index contributed by atoms with van der Waals surface area (Å²) < 4.78 is 5.90. The van der Waals surface area contributed by atoms with E-state index in [2.05, 4.69) is 32.7 Å². The van der Waals surface area contributed by atoms with Crippen LogP contribution in [0.4, 0.5) is 0 Å². The Balaban J connectivity index is 1.34. The van der Waals surface area contributed by atoms with Crippen LogP contribution in [-0.4, -0.2) is 56.6 Å². The number of carbonyl (C=O) groups excluding carboxylic acids is 1. The van der Waals surface area contributed by atoms with Gasteiger partial charge in [-0.05, 0) is 36.2 Å². The highest BCUT2D eigenvalue weighted by molar-refractivity contribution is 6.30. The Morgan fingerprint density at radius 1 is 1.13 bits per heavy atom. The number of halogens is 1. The van der Waals surface area contributed by atoms with Crippen LogP contribution < -0.4 is 10.6 Å². The van der Waals surface area contributed by atoms with Gasteiger partial charge in [-0.15, -0.1) is 0 Å². The van der Waals surface area contributed by atoms with Crippen molar-refractivity contribution < 1.29 is 9.53 Å². The monoisotopic (exact) mass is 428 g/mol. The SMILES string of the molecule is CN=C(NCCNC(=O)c1ccc(Cl)cc1)N1CCC(COCc2ccccc2)C1. The Hall–Kier alpha value is -2.57. The first kappa shape index (κ1) is 22.1. The Bertz CT molecular complexity index is 827. The molecule has 0 aliphatic carbocycles. The molecular weight excluding hydrogens is 400 g/mol. The number of hydrogen-bond donors (Lipinski definition) is 2. The number of guanidine groups is 1. The van der Waals surface area contributed by atoms with E-state index in [1.54, 1.807) is 31.3 Å². The third kappa shape index (κ3) is 6.75. The van der Waals surface area contributed by atoms with Gasteiger partial charge < -0.3 is 20.3 Å². The zero-order valence-corrected chi connectivity index (χ0v) is 18.1. The van der Waals surface area contributed by atoms with E-state index in [4.69, 9.17) is 16.3 Å². The molecule has 6 nitrogen and oxygen atoms in total. The summed E-state index contributed by atoms with van der Waals surface area (Å²) in [6.07, 6.45) is 1.09. The Kier molecular flexibility index (Phi) is 8.53. The van der Waals surface area contributed by atoms with Crippen LogP contribution in [0.15, 0.2) is 59.6 Å². The van der Waals surface area contributed by atoms with E-state index in [-0.39, 0.29) is 5.91 Å². The number of carbonyl (C=O) groups is 1. The molecule has 1 aliphatic heterocycles. The van der Waals surface area contributed by atoms with Gasteiger partial charge in [-0.2, -0.15) is 0 Å². The summed E-state index contributed by atoms with van der Waals surface area (Å²) in [5.41, 5.74) is 1.80. The predicted molar refractivity (Wildman–Crippen MR) is 121 cm³/mol. The van der Waals surface area contributed by atoms with Crippen LogP contribution in [-0.2, 0) is 11.3 Å². The minimum absolute atomic E-state index is 0.111. The van der Waals surface area contributed by atoms with E-state index in [9.17, 15) is 4.79 Å². The topological polar surface area (TPSA) is 66.0 Å². The van der Waals surface area contributed by atoms with Crippen molar-refractivity contribution in [2.75, 3.05) is 39.8 Å². The van der Waals surface area contributed by atoms with Gasteiger partial charge in [0, 0.05) is 49.7 Å². The molecule has 1 fully saturated rings. The summed E-state index contributed by atoms with van der Waals surface area (Å²) in [5.74, 6) is 1.25. The van der Waals surface area contributed by atoms with E-state index in [0.29, 0.717) is 36.2 Å². The third-order valence-electron chi connectivity index (χ3n) is 5.06. The fraction of sp³-hybridized carbons (Fsp3) is 0.391. The summed E-state index contributed by atoms with van der Waals surface area (Å²) in [4.78, 5) is 18.8. The fourth-order valence-electron chi connectivity index (χ4n) is 3.46. The zero-order valence-electron chi connectivity index (χ0n) is 17.3. The lowest BCUT2D eigenvalue weighted by atomic mass is 10.1. The maximum atomic E-state index is 12.1. The second kappa shape index (κ2) is 11.6. The molecule has 1 aliphatic rings. The molecule has 160 valence electrons. The maximum Gasteiger partial charge on any atom is 0.251 e. The molecule has 1 amide bonds. The molecule has 3 rings (SSSR count). The molecule has 0 radical (unpaired) electrons. The molecule has 0 bridgehead atoms. The second-order valence-electron chi connectivity index (χ2n) is 7.34. The van der Waals surface area contributed by atoms with Gasteiger partial charge in [0.1, 0.15) is 0 Å². The molecule has 7 heteroatoms. The minimum atomic E-state index is -0.111. The van der Waals surface area contributed by atoms with Gasteiger partial charge in [-0.25, -0.2) is 0 Å². The summed E-state index contributed by atoms with van der Waals surface area (Å²) in [6.45, 7) is 4.40. The number of benzene rings is 2. The van der Waals surface area contributed by atoms with Crippen LogP contribution in [0.3, 0.4) is 0 Å². The smallest absolute Gasteiger partial charge is 0.251 e. The van der Waals surface area contributed by atoms with E-state index >= 15 is 0 Å². The van der Waals surface area contributed by atoms with Crippen molar-refractivity contribution in [2.45, 2.75) is 13.0 Å². The molecule has 30 heavy (non-hydrogen) atoms. The molecular formula is C23H29ClN4O2. The maximum absolute atomic E-state index is 12.1. The number of aliphatic imine (C=N–C) groups is 1. The second-order valence-corrected chi connectivity index (χ2v) is 7.77. The van der Waals surface area contributed by atoms with Gasteiger partial charge in [-0.3, -0.25) is 9.79 Å². The molecule has 2 aromatic carbocycles. The first-order chi connectivity index (χ1) is 14.7. The highest BCUT2D eigenvalue weighted by Crippen LogP contribution is 2.17. The van der Waals surface area contributed by atoms with E-state index in [0.717, 1.165) is 32.1 Å². The van der Waals surface area contributed by atoms with Crippen molar-refractivity contribution in [3.05, 3.63) is 70.7 Å². The summed E-state index contributed by atoms with van der Waals surface area (Å²) >= 11 is 5.86. The number of ether oxygens (including phenoxy) is 1. The summed E-state index contributed by atoms with van der Waals surface area (Å²) in [5, 5.41) is 6.85. The Morgan fingerprint density at radius 3 is 2.60 bits per heavy atom. The quantitative estimate of drug-likeness (QED) is 0.385. The highest BCUT2D eigenvalue weighted by atomic mass is 35.5. The average Bonchev–Trinajstić information content (AvgIpc) is 3.23. The first-order valence-electron chi connectivity index (χ1n) is 10.3. The Morgan fingerprint density at radius 2 is 1.87 bits per heavy atom. The van der Waals surface area contributed by atoms with E-state index in [1.165, 1.54) is 5.56 Å².